The van der Waals surface area contributed by atoms with Crippen molar-refractivity contribution in [2.75, 3.05) is 11.9 Å². The van der Waals surface area contributed by atoms with E-state index in [1.807, 2.05) is 38.1 Å². The number of anilines is 1. The van der Waals surface area contributed by atoms with Gasteiger partial charge in [0, 0.05) is 5.69 Å². The molecule has 3 heteroatoms. The zero-order chi connectivity index (χ0) is 16.1. The summed E-state index contributed by atoms with van der Waals surface area (Å²) < 4.78 is 5.57. The maximum atomic E-state index is 12.1. The molecule has 1 N–H and O–H groups in total. The smallest absolute Gasteiger partial charge is 0.262 e. The molecule has 0 spiro atoms. The van der Waals surface area contributed by atoms with Crippen LogP contribution in [0.3, 0.4) is 0 Å². The molecular formula is C19H23NO2. The summed E-state index contributed by atoms with van der Waals surface area (Å²) in [5, 5.41) is 2.94. The molecule has 116 valence electrons. The van der Waals surface area contributed by atoms with Gasteiger partial charge in [-0.15, -0.1) is 0 Å². The van der Waals surface area contributed by atoms with E-state index in [4.69, 9.17) is 4.74 Å². The van der Waals surface area contributed by atoms with Gasteiger partial charge in [-0.1, -0.05) is 36.8 Å². The van der Waals surface area contributed by atoms with Gasteiger partial charge in [0.25, 0.3) is 5.91 Å². The summed E-state index contributed by atoms with van der Waals surface area (Å²) in [4.78, 5) is 12.1. The molecular weight excluding hydrogens is 274 g/mol. The summed E-state index contributed by atoms with van der Waals surface area (Å²) in [6, 6.07) is 12.0. The van der Waals surface area contributed by atoms with E-state index in [2.05, 4.69) is 31.3 Å². The third-order valence-electron chi connectivity index (χ3n) is 3.62. The first-order valence-electron chi connectivity index (χ1n) is 7.59. The summed E-state index contributed by atoms with van der Waals surface area (Å²) in [6.45, 7) is 8.16. The average Bonchev–Trinajstić information content (AvgIpc) is 2.49. The fourth-order valence-electron chi connectivity index (χ4n) is 2.56. The van der Waals surface area contributed by atoms with Crippen LogP contribution in [0.1, 0.15) is 29.2 Å². The predicted molar refractivity (Wildman–Crippen MR) is 90.6 cm³/mol. The van der Waals surface area contributed by atoms with E-state index in [1.54, 1.807) is 0 Å². The van der Waals surface area contributed by atoms with Crippen LogP contribution in [0.25, 0.3) is 0 Å². The van der Waals surface area contributed by atoms with Gasteiger partial charge in [0.2, 0.25) is 0 Å². The number of rotatable bonds is 5. The normalized spacial score (nSPS) is 10.4. The van der Waals surface area contributed by atoms with Crippen molar-refractivity contribution in [3.05, 3.63) is 58.7 Å². The van der Waals surface area contributed by atoms with Crippen LogP contribution >= 0.6 is 0 Å². The molecule has 0 heterocycles. The van der Waals surface area contributed by atoms with Gasteiger partial charge in [-0.3, -0.25) is 4.79 Å². The first kappa shape index (κ1) is 16.1. The molecule has 0 atom stereocenters. The molecule has 0 aliphatic rings. The van der Waals surface area contributed by atoms with Gasteiger partial charge in [0.1, 0.15) is 5.75 Å². The van der Waals surface area contributed by atoms with Crippen molar-refractivity contribution in [2.24, 2.45) is 0 Å². The van der Waals surface area contributed by atoms with Gasteiger partial charge in [0.05, 0.1) is 0 Å². The summed E-state index contributed by atoms with van der Waals surface area (Å²) in [7, 11) is 0. The van der Waals surface area contributed by atoms with Crippen LogP contribution in [0.2, 0.25) is 0 Å². The quantitative estimate of drug-likeness (QED) is 0.898. The SMILES string of the molecule is CCc1cccc(OCC(=O)Nc2c(C)cc(C)cc2C)c1. The lowest BCUT2D eigenvalue weighted by Gasteiger charge is -2.13. The molecule has 0 unspecified atom stereocenters. The number of carbonyl (C=O) groups excluding carboxylic acids is 1. The van der Waals surface area contributed by atoms with E-state index in [-0.39, 0.29) is 12.5 Å². The van der Waals surface area contributed by atoms with Crippen LogP contribution in [0.5, 0.6) is 5.75 Å². The van der Waals surface area contributed by atoms with Gasteiger partial charge < -0.3 is 10.1 Å². The summed E-state index contributed by atoms with van der Waals surface area (Å²) in [5.41, 5.74) is 5.41. The largest absolute Gasteiger partial charge is 0.484 e. The van der Waals surface area contributed by atoms with Crippen LogP contribution in [0.4, 0.5) is 5.69 Å². The number of nitrogens with one attached hydrogen (secondary N) is 1. The first-order valence-corrected chi connectivity index (χ1v) is 7.59. The zero-order valence-electron chi connectivity index (χ0n) is 13.7. The van der Waals surface area contributed by atoms with E-state index in [1.165, 1.54) is 11.1 Å². The Hall–Kier alpha value is -2.29. The standard InChI is InChI=1S/C19H23NO2/c1-5-16-7-6-8-17(11-16)22-12-18(21)20-19-14(3)9-13(2)10-15(19)4/h6-11H,5,12H2,1-4H3,(H,20,21). The molecule has 0 radical (unpaired) electrons. The minimum Gasteiger partial charge on any atom is -0.484 e. The molecule has 1 amide bonds. The molecule has 22 heavy (non-hydrogen) atoms. The maximum Gasteiger partial charge on any atom is 0.262 e. The molecule has 2 aromatic rings. The summed E-state index contributed by atoms with van der Waals surface area (Å²) in [6.07, 6.45) is 0.950. The molecule has 0 aliphatic heterocycles. The van der Waals surface area contributed by atoms with Crippen molar-refractivity contribution in [1.82, 2.24) is 0 Å². The lowest BCUT2D eigenvalue weighted by molar-refractivity contribution is -0.118. The molecule has 0 aliphatic carbocycles. The molecule has 0 fully saturated rings. The Labute approximate surface area is 132 Å². The van der Waals surface area contributed by atoms with Gasteiger partial charge >= 0.3 is 0 Å². The van der Waals surface area contributed by atoms with Gasteiger partial charge in [0.15, 0.2) is 6.61 Å². The van der Waals surface area contributed by atoms with Gasteiger partial charge in [-0.05, 0) is 56.0 Å². The van der Waals surface area contributed by atoms with E-state index in [9.17, 15) is 4.79 Å². The Morgan fingerprint density at radius 3 is 2.41 bits per heavy atom. The highest BCUT2D eigenvalue weighted by molar-refractivity contribution is 5.93. The Morgan fingerprint density at radius 2 is 1.77 bits per heavy atom. The third kappa shape index (κ3) is 4.10. The zero-order valence-corrected chi connectivity index (χ0v) is 13.7. The second kappa shape index (κ2) is 7.12. The lowest BCUT2D eigenvalue weighted by atomic mass is 10.1. The van der Waals surface area contributed by atoms with Crippen molar-refractivity contribution >= 4 is 11.6 Å². The van der Waals surface area contributed by atoms with Crippen LogP contribution in [0, 0.1) is 20.8 Å². The number of hydrogen-bond acceptors (Lipinski definition) is 2. The van der Waals surface area contributed by atoms with Crippen molar-refractivity contribution in [3.8, 4) is 5.75 Å². The minimum atomic E-state index is -0.142. The molecule has 2 rings (SSSR count). The second-order valence-corrected chi connectivity index (χ2v) is 5.61. The Morgan fingerprint density at radius 1 is 1.09 bits per heavy atom. The van der Waals surface area contributed by atoms with Gasteiger partial charge in [-0.25, -0.2) is 0 Å². The van der Waals surface area contributed by atoms with E-state index >= 15 is 0 Å². The second-order valence-electron chi connectivity index (χ2n) is 5.61. The minimum absolute atomic E-state index is 0.0138. The van der Waals surface area contributed by atoms with Crippen LogP contribution in [-0.2, 0) is 11.2 Å². The van der Waals surface area contributed by atoms with Crippen molar-refractivity contribution in [3.63, 3.8) is 0 Å². The Kier molecular flexibility index (Phi) is 5.21. The van der Waals surface area contributed by atoms with Crippen LogP contribution in [0.15, 0.2) is 36.4 Å². The Balaban J connectivity index is 1.99. The van der Waals surface area contributed by atoms with Crippen LogP contribution < -0.4 is 10.1 Å². The molecule has 2 aromatic carbocycles. The van der Waals surface area contributed by atoms with Gasteiger partial charge in [-0.2, -0.15) is 0 Å². The number of carbonyl (C=O) groups is 1. The fourth-order valence-corrected chi connectivity index (χ4v) is 2.56. The third-order valence-corrected chi connectivity index (χ3v) is 3.62. The topological polar surface area (TPSA) is 38.3 Å². The molecule has 3 nitrogen and oxygen atoms in total. The Bertz CT molecular complexity index is 654. The van der Waals surface area contributed by atoms with Crippen molar-refractivity contribution in [2.45, 2.75) is 34.1 Å². The summed E-state index contributed by atoms with van der Waals surface area (Å²) in [5.74, 6) is 0.587. The number of amides is 1. The maximum absolute atomic E-state index is 12.1. The van der Waals surface area contributed by atoms with E-state index in [0.29, 0.717) is 0 Å². The number of benzene rings is 2. The highest BCUT2D eigenvalue weighted by Gasteiger charge is 2.09. The summed E-state index contributed by atoms with van der Waals surface area (Å²) >= 11 is 0. The fraction of sp³-hybridized carbons (Fsp3) is 0.316. The molecule has 0 saturated heterocycles. The highest BCUT2D eigenvalue weighted by Crippen LogP contribution is 2.22. The highest BCUT2D eigenvalue weighted by atomic mass is 16.5. The average molecular weight is 297 g/mol. The monoisotopic (exact) mass is 297 g/mol. The number of aryl methyl sites for hydroxylation is 4. The first-order chi connectivity index (χ1) is 10.5. The predicted octanol–water partition coefficient (Wildman–Crippen LogP) is 4.19. The number of ether oxygens (including phenoxy) is 1. The van der Waals surface area contributed by atoms with Crippen molar-refractivity contribution in [1.29, 1.82) is 0 Å². The number of hydrogen-bond donors (Lipinski definition) is 1. The molecule has 0 aromatic heterocycles. The van der Waals surface area contributed by atoms with E-state index in [0.717, 1.165) is 29.0 Å². The molecule has 0 saturated carbocycles. The lowest BCUT2D eigenvalue weighted by Crippen LogP contribution is -2.21. The molecule has 0 bridgehead atoms. The van der Waals surface area contributed by atoms with Crippen molar-refractivity contribution < 1.29 is 9.53 Å². The van der Waals surface area contributed by atoms with E-state index < -0.39 is 0 Å². The van der Waals surface area contributed by atoms with Crippen LogP contribution in [-0.4, -0.2) is 12.5 Å².